The van der Waals surface area contributed by atoms with Gasteiger partial charge in [-0.2, -0.15) is 13.2 Å². The predicted molar refractivity (Wildman–Crippen MR) is 188 cm³/mol. The number of hydrogen-bond donors (Lipinski definition) is 1. The van der Waals surface area contributed by atoms with Gasteiger partial charge in [0.05, 0.1) is 51.1 Å². The molecule has 278 valence electrons. The van der Waals surface area contributed by atoms with Crippen LogP contribution in [0.1, 0.15) is 58.1 Å². The van der Waals surface area contributed by atoms with E-state index in [4.69, 9.17) is 38.4 Å². The summed E-state index contributed by atoms with van der Waals surface area (Å²) >= 11 is 12.2. The molecule has 2 aliphatic heterocycles. The molecule has 1 aromatic carbocycles. The molecule has 1 fully saturated rings. The molecule has 0 saturated carbocycles. The number of fused-ring (bicyclic) bond motifs is 5. The van der Waals surface area contributed by atoms with Crippen molar-refractivity contribution in [1.29, 1.82) is 0 Å². The predicted octanol–water partition coefficient (Wildman–Crippen LogP) is 6.31. The summed E-state index contributed by atoms with van der Waals surface area (Å²) in [6, 6.07) is 1.00. The summed E-state index contributed by atoms with van der Waals surface area (Å²) in [5.74, 6) is -1.75. The van der Waals surface area contributed by atoms with Gasteiger partial charge in [-0.1, -0.05) is 37.0 Å². The number of carbonyl (C=O) groups excluding carboxylic acids is 1. The lowest BCUT2D eigenvalue weighted by Gasteiger charge is -2.42. The van der Waals surface area contributed by atoms with E-state index in [9.17, 15) is 14.4 Å². The average molecular weight is 769 g/mol. The maximum absolute atomic E-state index is 15.8. The first kappa shape index (κ1) is 37.2. The number of aryl methyl sites for hydroxylation is 2. The maximum Gasteiger partial charge on any atom is 0.431 e. The van der Waals surface area contributed by atoms with Gasteiger partial charge < -0.3 is 25.0 Å². The van der Waals surface area contributed by atoms with Crippen molar-refractivity contribution in [2.24, 2.45) is 0 Å². The van der Waals surface area contributed by atoms with Crippen LogP contribution in [0.2, 0.25) is 10.0 Å². The van der Waals surface area contributed by atoms with Gasteiger partial charge in [-0.15, -0.1) is 0 Å². The third kappa shape index (κ3) is 6.29. The van der Waals surface area contributed by atoms with Crippen molar-refractivity contribution in [3.63, 3.8) is 0 Å². The van der Waals surface area contributed by atoms with Crippen LogP contribution < -0.4 is 26.5 Å². The normalized spacial score (nSPS) is 16.3. The van der Waals surface area contributed by atoms with E-state index in [2.05, 4.69) is 9.97 Å². The lowest BCUT2D eigenvalue weighted by atomic mass is 10.0. The summed E-state index contributed by atoms with van der Waals surface area (Å²) in [5, 5.41) is -1.41. The zero-order valence-corrected chi connectivity index (χ0v) is 30.3. The number of benzene rings is 1. The fourth-order valence-electron chi connectivity index (χ4n) is 6.72. The van der Waals surface area contributed by atoms with E-state index in [0.29, 0.717) is 17.5 Å². The fourth-order valence-corrected chi connectivity index (χ4v) is 7.17. The summed E-state index contributed by atoms with van der Waals surface area (Å²) < 4.78 is 74.0. The van der Waals surface area contributed by atoms with E-state index in [1.54, 1.807) is 39.5 Å². The number of nitrogens with zero attached hydrogens (tertiary/aromatic N) is 6. The zero-order chi connectivity index (χ0) is 38.0. The lowest BCUT2D eigenvalue weighted by Crippen LogP contribution is -2.55. The molecule has 12 nitrogen and oxygen atoms in total. The van der Waals surface area contributed by atoms with E-state index < -0.39 is 73.5 Å². The van der Waals surface area contributed by atoms with Crippen LogP contribution in [0, 0.1) is 5.82 Å². The Bertz CT molecular complexity index is 2190. The topological polar surface area (TPSA) is 138 Å². The van der Waals surface area contributed by atoms with Crippen LogP contribution in [0.5, 0.6) is 5.75 Å². The average Bonchev–Trinajstić information content (AvgIpc) is 3.27. The summed E-state index contributed by atoms with van der Waals surface area (Å²) in [6.07, 6.45) is -3.84. The third-order valence-corrected chi connectivity index (χ3v) is 9.55. The summed E-state index contributed by atoms with van der Waals surface area (Å²) in [6.45, 7) is 8.83. The Morgan fingerprint density at radius 3 is 2.23 bits per heavy atom. The summed E-state index contributed by atoms with van der Waals surface area (Å²) in [7, 11) is 0. The summed E-state index contributed by atoms with van der Waals surface area (Å²) in [4.78, 5) is 54.5. The van der Waals surface area contributed by atoms with Crippen molar-refractivity contribution in [3.05, 3.63) is 72.1 Å². The Labute approximate surface area is 304 Å². The molecule has 4 aromatic rings. The molecule has 0 radical (unpaired) electrons. The van der Waals surface area contributed by atoms with Gasteiger partial charge in [-0.3, -0.25) is 18.7 Å². The maximum atomic E-state index is 15.8. The minimum atomic E-state index is -5.28. The smallest absolute Gasteiger partial charge is 0.431 e. The highest BCUT2D eigenvalue weighted by Gasteiger charge is 2.42. The van der Waals surface area contributed by atoms with Crippen LogP contribution in [0.4, 0.5) is 33.7 Å². The van der Waals surface area contributed by atoms with Gasteiger partial charge in [0.15, 0.2) is 5.82 Å². The quantitative estimate of drug-likeness (QED) is 0.144. The van der Waals surface area contributed by atoms with Crippen molar-refractivity contribution in [3.8, 4) is 17.1 Å². The minimum absolute atomic E-state index is 0.0452. The largest absolute Gasteiger partial charge is 0.486 e. The first-order chi connectivity index (χ1) is 24.4. The first-order valence-electron chi connectivity index (χ1n) is 16.5. The van der Waals surface area contributed by atoms with E-state index >= 15 is 17.6 Å². The van der Waals surface area contributed by atoms with Crippen LogP contribution in [0.3, 0.4) is 0 Å². The molecule has 3 aromatic heterocycles. The number of amides is 1. The van der Waals surface area contributed by atoms with Crippen molar-refractivity contribution < 1.29 is 31.8 Å². The zero-order valence-electron chi connectivity index (χ0n) is 28.8. The number of ether oxygens (including phenoxy) is 2. The lowest BCUT2D eigenvalue weighted by molar-refractivity contribution is -0.142. The molecule has 1 atom stereocenters. The fraction of sp³-hybridized carbons (Fsp3) is 0.441. The third-order valence-electron chi connectivity index (χ3n) is 8.96. The van der Waals surface area contributed by atoms with Gasteiger partial charge in [-0.25, -0.2) is 19.2 Å². The molecular weight excluding hydrogens is 733 g/mol. The number of piperazine rings is 1. The number of anilines is 2. The Kier molecular flexibility index (Phi) is 9.62. The molecule has 5 heterocycles. The number of alkyl halides is 3. The Hall–Kier alpha value is -4.57. The molecule has 0 bridgehead atoms. The van der Waals surface area contributed by atoms with E-state index in [-0.39, 0.29) is 72.6 Å². The van der Waals surface area contributed by atoms with Crippen LogP contribution >= 0.6 is 23.2 Å². The molecule has 2 N–H and O–H groups in total. The van der Waals surface area contributed by atoms with Gasteiger partial charge in [0.1, 0.15) is 28.8 Å². The SMILES string of the molecule is CCc1ncnc(CC)c1-n1c(=O)c2c(c3cc(C(F)(F)F)n(-c4c(N)c(Cl)cc(Cl)c4F)c(=O)c31)N1CCN(C(=O)OC(C)(C)C)C[C@@H]1CCO2. The molecule has 0 spiro atoms. The molecule has 0 aliphatic carbocycles. The number of nitrogen functional groups attached to an aromatic ring is 1. The van der Waals surface area contributed by atoms with Gasteiger partial charge in [0, 0.05) is 31.4 Å². The number of rotatable bonds is 4. The molecule has 18 heteroatoms. The Balaban J connectivity index is 1.77. The van der Waals surface area contributed by atoms with E-state index in [0.717, 1.165) is 10.6 Å². The Morgan fingerprint density at radius 1 is 0.981 bits per heavy atom. The monoisotopic (exact) mass is 767 g/mol. The standard InChI is InChI=1S/C34H35Cl2F4N7O5/c1-6-20-27(21(7-2)43-15-42-20)47-26-17(12-22(34(38,39)40)46(30(26)48)28-23(37)18(35)13-19(36)24(28)41)25-29(31(47)49)51-11-8-16-14-44(9-10-45(16)25)32(50)52-33(3,4)5/h12-13,15-16H,6-11,14,41H2,1-5H3/t16-/m0/s1. The second-order valence-electron chi connectivity index (χ2n) is 13.4. The minimum Gasteiger partial charge on any atom is -0.486 e. The molecule has 52 heavy (non-hydrogen) atoms. The number of hydrogen-bond acceptors (Lipinski definition) is 9. The first-order valence-corrected chi connectivity index (χ1v) is 17.2. The molecular formula is C34H35Cl2F4N7O5. The molecule has 2 aliphatic rings. The van der Waals surface area contributed by atoms with Crippen molar-refractivity contribution in [2.45, 2.75) is 71.7 Å². The van der Waals surface area contributed by atoms with Gasteiger partial charge in [0.2, 0.25) is 5.75 Å². The van der Waals surface area contributed by atoms with Crippen LogP contribution in [0.25, 0.3) is 22.3 Å². The Morgan fingerprint density at radius 2 is 1.63 bits per heavy atom. The summed E-state index contributed by atoms with van der Waals surface area (Å²) in [5.41, 5.74) is -0.328. The molecule has 1 saturated heterocycles. The second kappa shape index (κ2) is 13.4. The van der Waals surface area contributed by atoms with Crippen molar-refractivity contribution in [2.75, 3.05) is 36.9 Å². The van der Waals surface area contributed by atoms with Gasteiger partial charge >= 0.3 is 12.3 Å². The highest BCUT2D eigenvalue weighted by atomic mass is 35.5. The van der Waals surface area contributed by atoms with E-state index in [1.807, 2.05) is 0 Å². The van der Waals surface area contributed by atoms with Gasteiger partial charge in [0.25, 0.3) is 11.1 Å². The number of halogens is 6. The van der Waals surface area contributed by atoms with Crippen LogP contribution in [0.15, 0.2) is 28.0 Å². The van der Waals surface area contributed by atoms with Crippen molar-refractivity contribution >= 4 is 51.6 Å². The molecule has 0 unspecified atom stereocenters. The second-order valence-corrected chi connectivity index (χ2v) is 14.2. The van der Waals surface area contributed by atoms with Crippen LogP contribution in [-0.2, 0) is 23.8 Å². The highest BCUT2D eigenvalue weighted by Crippen LogP contribution is 2.43. The number of nitrogens with two attached hydrogens (primary N) is 1. The van der Waals surface area contributed by atoms with Crippen molar-refractivity contribution in [1.82, 2.24) is 24.0 Å². The number of carbonyl (C=O) groups is 1. The molecule has 1 amide bonds. The number of pyridine rings is 2. The number of aromatic nitrogens is 4. The van der Waals surface area contributed by atoms with Crippen LogP contribution in [-0.4, -0.2) is 68.0 Å². The van der Waals surface area contributed by atoms with Gasteiger partial charge in [-0.05, 0) is 45.7 Å². The highest BCUT2D eigenvalue weighted by molar-refractivity contribution is 6.37. The molecule has 6 rings (SSSR count). The van der Waals surface area contributed by atoms with E-state index in [1.165, 1.54) is 11.2 Å².